The number of nitrogens with one attached hydrogen (secondary N) is 1. The maximum Gasteiger partial charge on any atom is 0.341 e. The predicted octanol–water partition coefficient (Wildman–Crippen LogP) is 2.41. The van der Waals surface area contributed by atoms with Gasteiger partial charge in [0, 0.05) is 13.0 Å². The molecule has 2 rings (SSSR count). The van der Waals surface area contributed by atoms with Crippen LogP contribution in [0.5, 0.6) is 11.5 Å². The van der Waals surface area contributed by atoms with Crippen molar-refractivity contribution in [2.45, 2.75) is 19.4 Å². The van der Waals surface area contributed by atoms with Crippen LogP contribution >= 0.6 is 0 Å². The maximum atomic E-state index is 12.0. The molecule has 0 aliphatic heterocycles. The first kappa shape index (κ1) is 18.3. The molecule has 0 aliphatic carbocycles. The molecular formula is C19H21NO5. The zero-order valence-electron chi connectivity index (χ0n) is 14.0. The second-order valence-electron chi connectivity index (χ2n) is 5.42. The van der Waals surface area contributed by atoms with Crippen molar-refractivity contribution in [2.24, 2.45) is 0 Å². The van der Waals surface area contributed by atoms with Crippen molar-refractivity contribution in [3.63, 3.8) is 0 Å². The molecule has 0 heterocycles. The lowest BCUT2D eigenvalue weighted by Crippen LogP contribution is -2.23. The van der Waals surface area contributed by atoms with Gasteiger partial charge in [0.15, 0.2) is 6.61 Å². The minimum atomic E-state index is -1.03. The van der Waals surface area contributed by atoms with Gasteiger partial charge in [-0.25, -0.2) is 4.79 Å². The summed E-state index contributed by atoms with van der Waals surface area (Å²) in [4.78, 5) is 22.5. The Morgan fingerprint density at radius 2 is 1.92 bits per heavy atom. The Bertz CT molecular complexity index is 729. The van der Waals surface area contributed by atoms with Crippen LogP contribution in [-0.2, 0) is 22.6 Å². The summed E-state index contributed by atoms with van der Waals surface area (Å²) < 4.78 is 10.4. The summed E-state index contributed by atoms with van der Waals surface area (Å²) in [5.41, 5.74) is 1.83. The molecule has 0 unspecified atom stereocenters. The summed E-state index contributed by atoms with van der Waals surface area (Å²) in [7, 11) is 1.61. The first-order valence-electron chi connectivity index (χ1n) is 7.90. The minimum Gasteiger partial charge on any atom is -0.496 e. The lowest BCUT2D eigenvalue weighted by atomic mass is 10.1. The van der Waals surface area contributed by atoms with E-state index in [9.17, 15) is 9.59 Å². The van der Waals surface area contributed by atoms with Crippen molar-refractivity contribution < 1.29 is 24.2 Å². The number of carboxylic acids is 1. The van der Waals surface area contributed by atoms with Gasteiger partial charge in [0.2, 0.25) is 5.91 Å². The van der Waals surface area contributed by atoms with Gasteiger partial charge in [-0.15, -0.1) is 0 Å². The van der Waals surface area contributed by atoms with E-state index < -0.39 is 12.6 Å². The van der Waals surface area contributed by atoms with Crippen molar-refractivity contribution in [3.05, 3.63) is 59.7 Å². The standard InChI is InChI=1S/C19H21NO5/c1-24-17-8-3-2-6-15(17)9-10-18(21)20-12-14-5-4-7-16(11-14)25-13-19(22)23/h2-8,11H,9-10,12-13H2,1H3,(H,20,21)(H,22,23). The van der Waals surface area contributed by atoms with E-state index in [1.165, 1.54) is 0 Å². The molecule has 2 aromatic carbocycles. The quantitative estimate of drug-likeness (QED) is 0.730. The van der Waals surface area contributed by atoms with E-state index >= 15 is 0 Å². The molecule has 0 saturated carbocycles. The van der Waals surface area contributed by atoms with E-state index in [0.29, 0.717) is 25.1 Å². The Kier molecular flexibility index (Phi) is 6.83. The predicted molar refractivity (Wildman–Crippen MR) is 92.7 cm³/mol. The highest BCUT2D eigenvalue weighted by Crippen LogP contribution is 2.18. The number of benzene rings is 2. The van der Waals surface area contributed by atoms with Crippen LogP contribution in [0.3, 0.4) is 0 Å². The van der Waals surface area contributed by atoms with E-state index in [1.54, 1.807) is 25.3 Å². The molecule has 0 aromatic heterocycles. The highest BCUT2D eigenvalue weighted by molar-refractivity contribution is 5.76. The number of amides is 1. The molecule has 0 fully saturated rings. The normalized spacial score (nSPS) is 10.1. The summed E-state index contributed by atoms with van der Waals surface area (Å²) in [6, 6.07) is 14.6. The third kappa shape index (κ3) is 6.18. The Balaban J connectivity index is 1.81. The number of hydrogen-bond donors (Lipinski definition) is 2. The number of carbonyl (C=O) groups is 2. The average Bonchev–Trinajstić information content (AvgIpc) is 2.63. The molecular weight excluding hydrogens is 322 g/mol. The molecule has 132 valence electrons. The molecule has 1 amide bonds. The Morgan fingerprint density at radius 3 is 2.68 bits per heavy atom. The minimum absolute atomic E-state index is 0.0669. The van der Waals surface area contributed by atoms with Crippen LogP contribution in [-0.4, -0.2) is 30.7 Å². The van der Waals surface area contributed by atoms with Crippen molar-refractivity contribution in [3.8, 4) is 11.5 Å². The molecule has 0 atom stereocenters. The van der Waals surface area contributed by atoms with Gasteiger partial charge >= 0.3 is 5.97 Å². The fraction of sp³-hybridized carbons (Fsp3) is 0.263. The third-order valence-electron chi connectivity index (χ3n) is 3.56. The number of ether oxygens (including phenoxy) is 2. The summed E-state index contributed by atoms with van der Waals surface area (Å²) in [5.74, 6) is 0.138. The number of rotatable bonds is 9. The number of aryl methyl sites for hydroxylation is 1. The van der Waals surface area contributed by atoms with E-state index in [2.05, 4.69) is 5.32 Å². The Morgan fingerprint density at radius 1 is 1.12 bits per heavy atom. The van der Waals surface area contributed by atoms with Crippen LogP contribution in [0, 0.1) is 0 Å². The number of hydrogen-bond acceptors (Lipinski definition) is 4. The Labute approximate surface area is 146 Å². The first-order chi connectivity index (χ1) is 12.1. The second-order valence-corrected chi connectivity index (χ2v) is 5.42. The smallest absolute Gasteiger partial charge is 0.341 e. The zero-order chi connectivity index (χ0) is 18.1. The average molecular weight is 343 g/mol. The number of carbonyl (C=O) groups excluding carboxylic acids is 1. The van der Waals surface area contributed by atoms with Crippen LogP contribution in [0.2, 0.25) is 0 Å². The van der Waals surface area contributed by atoms with Crippen LogP contribution in [0.1, 0.15) is 17.5 Å². The van der Waals surface area contributed by atoms with E-state index in [0.717, 1.165) is 16.9 Å². The maximum absolute atomic E-state index is 12.0. The van der Waals surface area contributed by atoms with Crippen LogP contribution < -0.4 is 14.8 Å². The molecule has 2 N–H and O–H groups in total. The molecule has 6 nitrogen and oxygen atoms in total. The van der Waals surface area contributed by atoms with Gasteiger partial charge in [-0.2, -0.15) is 0 Å². The number of para-hydroxylation sites is 1. The summed E-state index contributed by atoms with van der Waals surface area (Å²) in [6.07, 6.45) is 0.952. The SMILES string of the molecule is COc1ccccc1CCC(=O)NCc1cccc(OCC(=O)O)c1. The van der Waals surface area contributed by atoms with Gasteiger partial charge < -0.3 is 19.9 Å². The van der Waals surface area contributed by atoms with Gasteiger partial charge in [0.25, 0.3) is 0 Å². The number of methoxy groups -OCH3 is 1. The lowest BCUT2D eigenvalue weighted by molar-refractivity contribution is -0.139. The van der Waals surface area contributed by atoms with E-state index in [-0.39, 0.29) is 5.91 Å². The van der Waals surface area contributed by atoms with Crippen LogP contribution in [0.15, 0.2) is 48.5 Å². The Hall–Kier alpha value is -3.02. The van der Waals surface area contributed by atoms with Crippen molar-refractivity contribution in [1.29, 1.82) is 0 Å². The van der Waals surface area contributed by atoms with Crippen molar-refractivity contribution >= 4 is 11.9 Å². The summed E-state index contributed by atoms with van der Waals surface area (Å²) >= 11 is 0. The number of aliphatic carboxylic acids is 1. The number of carboxylic acid groups (broad SMARTS) is 1. The molecule has 0 spiro atoms. The third-order valence-corrected chi connectivity index (χ3v) is 3.56. The molecule has 2 aromatic rings. The van der Waals surface area contributed by atoms with Gasteiger partial charge in [0.1, 0.15) is 11.5 Å². The van der Waals surface area contributed by atoms with Gasteiger partial charge in [-0.3, -0.25) is 4.79 Å². The van der Waals surface area contributed by atoms with Crippen molar-refractivity contribution in [1.82, 2.24) is 5.32 Å². The molecule has 0 radical (unpaired) electrons. The van der Waals surface area contributed by atoms with E-state index in [1.807, 2.05) is 30.3 Å². The molecule has 0 bridgehead atoms. The van der Waals surface area contributed by atoms with Crippen LogP contribution in [0.4, 0.5) is 0 Å². The molecule has 0 aliphatic rings. The van der Waals surface area contributed by atoms with E-state index in [4.69, 9.17) is 14.6 Å². The second kappa shape index (κ2) is 9.32. The summed E-state index contributed by atoms with van der Waals surface area (Å²) in [6.45, 7) is -0.0379. The topological polar surface area (TPSA) is 84.9 Å². The highest BCUT2D eigenvalue weighted by atomic mass is 16.5. The van der Waals surface area contributed by atoms with Crippen LogP contribution in [0.25, 0.3) is 0 Å². The van der Waals surface area contributed by atoms with Gasteiger partial charge in [0.05, 0.1) is 7.11 Å². The molecule has 25 heavy (non-hydrogen) atoms. The molecule has 6 heteroatoms. The monoisotopic (exact) mass is 343 g/mol. The van der Waals surface area contributed by atoms with Crippen molar-refractivity contribution in [2.75, 3.05) is 13.7 Å². The fourth-order valence-corrected chi connectivity index (χ4v) is 2.34. The van der Waals surface area contributed by atoms with Gasteiger partial charge in [-0.1, -0.05) is 30.3 Å². The summed E-state index contributed by atoms with van der Waals surface area (Å²) in [5, 5.41) is 11.5. The van der Waals surface area contributed by atoms with Gasteiger partial charge in [-0.05, 0) is 35.7 Å². The largest absolute Gasteiger partial charge is 0.496 e. The lowest BCUT2D eigenvalue weighted by Gasteiger charge is -2.09. The first-order valence-corrected chi connectivity index (χ1v) is 7.90. The zero-order valence-corrected chi connectivity index (χ0v) is 14.0. The highest BCUT2D eigenvalue weighted by Gasteiger charge is 2.07. The molecule has 0 saturated heterocycles. The fourth-order valence-electron chi connectivity index (χ4n) is 2.34.